The van der Waals surface area contributed by atoms with Gasteiger partial charge in [0.05, 0.1) is 12.7 Å². The molecule has 1 aliphatic heterocycles. The summed E-state index contributed by atoms with van der Waals surface area (Å²) in [6.45, 7) is 3.12. The minimum Gasteiger partial charge on any atom is -0.389 e. The van der Waals surface area contributed by atoms with Crippen molar-refractivity contribution < 1.29 is 9.84 Å². The van der Waals surface area contributed by atoms with Crippen molar-refractivity contribution in [1.29, 1.82) is 0 Å². The van der Waals surface area contributed by atoms with Crippen LogP contribution in [0.3, 0.4) is 0 Å². The van der Waals surface area contributed by atoms with Crippen LogP contribution in [0, 0.1) is 0 Å². The van der Waals surface area contributed by atoms with Crippen molar-refractivity contribution in [2.24, 2.45) is 0 Å². The number of anilines is 1. The standard InChI is InChI=1S/C14H22N2O2/c1-18-11-14(17)10-16-8-7-13(9-16)15-12-5-3-2-4-6-12/h2-6,13-15,17H,7-11H2,1H3/t13-,14-/m1/s1. The number of ether oxygens (including phenoxy) is 1. The normalized spacial score (nSPS) is 22.0. The molecule has 0 aliphatic carbocycles. The van der Waals surface area contributed by atoms with Gasteiger partial charge in [-0.25, -0.2) is 0 Å². The molecule has 2 N–H and O–H groups in total. The van der Waals surface area contributed by atoms with Crippen LogP contribution in [0.15, 0.2) is 30.3 Å². The molecule has 1 aromatic carbocycles. The minimum absolute atomic E-state index is 0.384. The van der Waals surface area contributed by atoms with E-state index in [1.807, 2.05) is 18.2 Å². The van der Waals surface area contributed by atoms with E-state index in [1.54, 1.807) is 7.11 Å². The van der Waals surface area contributed by atoms with Gasteiger partial charge in [0.15, 0.2) is 0 Å². The number of β-amino-alcohol motifs (C(OH)–C–C–N with tert-alkyl or cyclic N) is 1. The smallest absolute Gasteiger partial charge is 0.0900 e. The lowest BCUT2D eigenvalue weighted by molar-refractivity contribution is 0.0427. The van der Waals surface area contributed by atoms with E-state index in [-0.39, 0.29) is 6.10 Å². The predicted molar refractivity (Wildman–Crippen MR) is 72.8 cm³/mol. The van der Waals surface area contributed by atoms with Gasteiger partial charge in [-0.3, -0.25) is 4.90 Å². The van der Waals surface area contributed by atoms with E-state index in [1.165, 1.54) is 5.69 Å². The molecule has 0 amide bonds. The summed E-state index contributed by atoms with van der Waals surface area (Å²) < 4.78 is 4.94. The zero-order chi connectivity index (χ0) is 12.8. The summed E-state index contributed by atoms with van der Waals surface area (Å²) in [6, 6.07) is 10.7. The maximum absolute atomic E-state index is 9.70. The van der Waals surface area contributed by atoms with E-state index in [2.05, 4.69) is 22.3 Å². The van der Waals surface area contributed by atoms with Gasteiger partial charge < -0.3 is 15.2 Å². The molecule has 2 atom stereocenters. The number of nitrogens with zero attached hydrogens (tertiary/aromatic N) is 1. The number of rotatable bonds is 6. The van der Waals surface area contributed by atoms with Crippen molar-refractivity contribution in [3.63, 3.8) is 0 Å². The summed E-state index contributed by atoms with van der Waals surface area (Å²) >= 11 is 0. The Morgan fingerprint density at radius 2 is 2.22 bits per heavy atom. The van der Waals surface area contributed by atoms with Crippen molar-refractivity contribution in [3.05, 3.63) is 30.3 Å². The molecule has 0 radical (unpaired) electrons. The third-order valence-corrected chi connectivity index (χ3v) is 3.24. The first kappa shape index (κ1) is 13.3. The Hall–Kier alpha value is -1.10. The summed E-state index contributed by atoms with van der Waals surface area (Å²) in [6.07, 6.45) is 0.736. The van der Waals surface area contributed by atoms with E-state index >= 15 is 0 Å². The van der Waals surface area contributed by atoms with Gasteiger partial charge in [0.25, 0.3) is 0 Å². The van der Waals surface area contributed by atoms with Crippen molar-refractivity contribution in [1.82, 2.24) is 4.90 Å². The number of aliphatic hydroxyl groups excluding tert-OH is 1. The van der Waals surface area contributed by atoms with Crippen molar-refractivity contribution >= 4 is 5.69 Å². The molecule has 4 nitrogen and oxygen atoms in total. The molecule has 4 heteroatoms. The van der Waals surface area contributed by atoms with E-state index < -0.39 is 0 Å². The molecule has 0 aromatic heterocycles. The lowest BCUT2D eigenvalue weighted by Crippen LogP contribution is -2.34. The number of hydrogen-bond donors (Lipinski definition) is 2. The SMILES string of the molecule is COC[C@H](O)CN1CC[C@@H](Nc2ccccc2)C1. The van der Waals surface area contributed by atoms with Gasteiger partial charge in [0.1, 0.15) is 0 Å². The molecule has 1 heterocycles. The number of likely N-dealkylation sites (tertiary alicyclic amines) is 1. The molecule has 1 aromatic rings. The van der Waals surface area contributed by atoms with Crippen molar-refractivity contribution in [2.75, 3.05) is 38.7 Å². The number of methoxy groups -OCH3 is 1. The first-order valence-electron chi connectivity index (χ1n) is 6.49. The fourth-order valence-corrected chi connectivity index (χ4v) is 2.43. The average molecular weight is 250 g/mol. The Bertz CT molecular complexity index is 345. The highest BCUT2D eigenvalue weighted by Gasteiger charge is 2.23. The maximum Gasteiger partial charge on any atom is 0.0900 e. The quantitative estimate of drug-likeness (QED) is 0.796. The lowest BCUT2D eigenvalue weighted by atomic mass is 10.2. The molecule has 1 aliphatic rings. The van der Waals surface area contributed by atoms with Crippen LogP contribution in [0.25, 0.3) is 0 Å². The Morgan fingerprint density at radius 1 is 1.44 bits per heavy atom. The summed E-state index contributed by atoms with van der Waals surface area (Å²) in [5.74, 6) is 0. The summed E-state index contributed by atoms with van der Waals surface area (Å²) in [4.78, 5) is 2.28. The van der Waals surface area contributed by atoms with E-state index in [4.69, 9.17) is 4.74 Å². The van der Waals surface area contributed by atoms with Crippen LogP contribution < -0.4 is 5.32 Å². The molecule has 0 saturated carbocycles. The highest BCUT2D eigenvalue weighted by atomic mass is 16.5. The molecule has 0 unspecified atom stereocenters. The zero-order valence-corrected chi connectivity index (χ0v) is 10.9. The molecular weight excluding hydrogens is 228 g/mol. The van der Waals surface area contributed by atoms with Gasteiger partial charge in [0.2, 0.25) is 0 Å². The highest BCUT2D eigenvalue weighted by Crippen LogP contribution is 2.15. The third-order valence-electron chi connectivity index (χ3n) is 3.24. The van der Waals surface area contributed by atoms with Crippen LogP contribution in [-0.2, 0) is 4.74 Å². The van der Waals surface area contributed by atoms with Crippen LogP contribution in [0.2, 0.25) is 0 Å². The second kappa shape index (κ2) is 6.73. The van der Waals surface area contributed by atoms with Crippen LogP contribution in [0.4, 0.5) is 5.69 Å². The Balaban J connectivity index is 1.75. The molecule has 1 fully saturated rings. The molecule has 2 rings (SSSR count). The fraction of sp³-hybridized carbons (Fsp3) is 0.571. The van der Waals surface area contributed by atoms with Crippen LogP contribution in [0.1, 0.15) is 6.42 Å². The van der Waals surface area contributed by atoms with Gasteiger partial charge in [-0.05, 0) is 18.6 Å². The molecule has 0 bridgehead atoms. The first-order chi connectivity index (χ1) is 8.78. The first-order valence-corrected chi connectivity index (χ1v) is 6.49. The van der Waals surface area contributed by atoms with E-state index in [0.717, 1.165) is 19.5 Å². The second-order valence-electron chi connectivity index (χ2n) is 4.86. The number of nitrogens with one attached hydrogen (secondary N) is 1. The van der Waals surface area contributed by atoms with Crippen molar-refractivity contribution in [3.8, 4) is 0 Å². The van der Waals surface area contributed by atoms with Gasteiger partial charge in [0, 0.05) is 38.5 Å². The molecule has 0 spiro atoms. The topological polar surface area (TPSA) is 44.7 Å². The maximum atomic E-state index is 9.70. The monoisotopic (exact) mass is 250 g/mol. The lowest BCUT2D eigenvalue weighted by Gasteiger charge is -2.20. The van der Waals surface area contributed by atoms with Gasteiger partial charge in [-0.1, -0.05) is 18.2 Å². The molecule has 100 valence electrons. The zero-order valence-electron chi connectivity index (χ0n) is 10.9. The Morgan fingerprint density at radius 3 is 2.94 bits per heavy atom. The Labute approximate surface area is 109 Å². The average Bonchev–Trinajstić information content (AvgIpc) is 2.78. The number of para-hydroxylation sites is 1. The van der Waals surface area contributed by atoms with Gasteiger partial charge >= 0.3 is 0 Å². The number of aliphatic hydroxyl groups is 1. The van der Waals surface area contributed by atoms with E-state index in [0.29, 0.717) is 19.2 Å². The van der Waals surface area contributed by atoms with Gasteiger partial charge in [-0.15, -0.1) is 0 Å². The molecular formula is C14H22N2O2. The number of hydrogen-bond acceptors (Lipinski definition) is 4. The third kappa shape index (κ3) is 3.98. The van der Waals surface area contributed by atoms with Crippen LogP contribution in [0.5, 0.6) is 0 Å². The molecule has 18 heavy (non-hydrogen) atoms. The highest BCUT2D eigenvalue weighted by molar-refractivity contribution is 5.43. The van der Waals surface area contributed by atoms with E-state index in [9.17, 15) is 5.11 Å². The molecule has 1 saturated heterocycles. The predicted octanol–water partition coefficient (Wildman–Crippen LogP) is 1.18. The Kier molecular flexibility index (Phi) is 4.99. The minimum atomic E-state index is -0.384. The van der Waals surface area contributed by atoms with Crippen LogP contribution in [-0.4, -0.2) is 55.5 Å². The summed E-state index contributed by atoms with van der Waals surface area (Å²) in [7, 11) is 1.62. The summed E-state index contributed by atoms with van der Waals surface area (Å²) in [5.41, 5.74) is 1.17. The largest absolute Gasteiger partial charge is 0.389 e. The van der Waals surface area contributed by atoms with Crippen molar-refractivity contribution in [2.45, 2.75) is 18.6 Å². The second-order valence-corrected chi connectivity index (χ2v) is 4.86. The van der Waals surface area contributed by atoms with Gasteiger partial charge in [-0.2, -0.15) is 0 Å². The summed E-state index contributed by atoms with van der Waals surface area (Å²) in [5, 5.41) is 13.2. The van der Waals surface area contributed by atoms with Crippen LogP contribution >= 0.6 is 0 Å². The fourth-order valence-electron chi connectivity index (χ4n) is 2.43. The number of benzene rings is 1.